The van der Waals surface area contributed by atoms with Crippen LogP contribution in [0.15, 0.2) is 48.5 Å². The van der Waals surface area contributed by atoms with Gasteiger partial charge in [0.15, 0.2) is 0 Å². The number of nitrogens with one attached hydrogen (secondary N) is 1. The number of carbonyl (C=O) groups is 1. The number of aromatic nitrogens is 1. The Kier molecular flexibility index (Phi) is 4.51. The van der Waals surface area contributed by atoms with Crippen molar-refractivity contribution in [2.45, 2.75) is 25.3 Å². The van der Waals surface area contributed by atoms with E-state index in [0.29, 0.717) is 15.6 Å². The topological polar surface area (TPSA) is 42.0 Å². The zero-order chi connectivity index (χ0) is 18.3. The Bertz CT molecular complexity index is 987. The Hall–Kier alpha value is -2.24. The molecule has 0 radical (unpaired) electrons. The maximum atomic E-state index is 13.4. The number of aryl methyl sites for hydroxylation is 1. The summed E-state index contributed by atoms with van der Waals surface area (Å²) in [6, 6.07) is 14.0. The molecule has 1 saturated carbocycles. The third kappa shape index (κ3) is 3.37. The first-order chi connectivity index (χ1) is 12.5. The van der Waals surface area contributed by atoms with Crippen molar-refractivity contribution < 1.29 is 9.18 Å². The number of hydrogen-bond acceptors (Lipinski definition) is 3. The van der Waals surface area contributed by atoms with E-state index in [1.807, 2.05) is 31.2 Å². The van der Waals surface area contributed by atoms with Crippen LogP contribution in [0.4, 0.5) is 4.39 Å². The van der Waals surface area contributed by atoms with Gasteiger partial charge in [0, 0.05) is 17.5 Å². The average Bonchev–Trinajstić information content (AvgIpc) is 3.27. The molecule has 1 aliphatic carbocycles. The van der Waals surface area contributed by atoms with Crippen LogP contribution in [0.2, 0.25) is 5.02 Å². The monoisotopic (exact) mass is 386 g/mol. The number of halogens is 2. The van der Waals surface area contributed by atoms with Gasteiger partial charge < -0.3 is 5.32 Å². The fourth-order valence-corrected chi connectivity index (χ4v) is 4.34. The van der Waals surface area contributed by atoms with Crippen LogP contribution in [0, 0.1) is 12.7 Å². The van der Waals surface area contributed by atoms with Crippen molar-refractivity contribution in [2.75, 3.05) is 0 Å². The SMILES string of the molecule is Cc1nc(-c2ccccc2Cl)sc1C(=O)N[C@H]1C[C@H]1c1cccc(F)c1. The molecule has 2 aromatic carbocycles. The number of rotatable bonds is 4. The van der Waals surface area contributed by atoms with Gasteiger partial charge in [-0.15, -0.1) is 11.3 Å². The number of thiazole rings is 1. The molecule has 2 atom stereocenters. The summed E-state index contributed by atoms with van der Waals surface area (Å²) in [5.41, 5.74) is 2.43. The van der Waals surface area contributed by atoms with Gasteiger partial charge in [-0.1, -0.05) is 41.9 Å². The van der Waals surface area contributed by atoms with Crippen LogP contribution in [0.3, 0.4) is 0 Å². The van der Waals surface area contributed by atoms with E-state index >= 15 is 0 Å². The smallest absolute Gasteiger partial charge is 0.263 e. The van der Waals surface area contributed by atoms with Gasteiger partial charge in [0.05, 0.1) is 10.7 Å². The number of amides is 1. The number of carbonyl (C=O) groups excluding carboxylic acids is 1. The molecule has 0 saturated heterocycles. The lowest BCUT2D eigenvalue weighted by Crippen LogP contribution is -2.26. The summed E-state index contributed by atoms with van der Waals surface area (Å²) in [6.07, 6.45) is 0.824. The lowest BCUT2D eigenvalue weighted by atomic mass is 10.1. The fraction of sp³-hybridized carbons (Fsp3) is 0.200. The van der Waals surface area contributed by atoms with Gasteiger partial charge in [0.25, 0.3) is 5.91 Å². The van der Waals surface area contributed by atoms with Crippen LogP contribution < -0.4 is 5.32 Å². The van der Waals surface area contributed by atoms with Gasteiger partial charge in [-0.25, -0.2) is 9.37 Å². The summed E-state index contributed by atoms with van der Waals surface area (Å²) in [5, 5.41) is 4.38. The fourth-order valence-electron chi connectivity index (χ4n) is 3.05. The molecule has 3 aromatic rings. The largest absolute Gasteiger partial charge is 0.348 e. The molecule has 1 aliphatic rings. The van der Waals surface area contributed by atoms with Crippen molar-refractivity contribution in [3.63, 3.8) is 0 Å². The van der Waals surface area contributed by atoms with Crippen molar-refractivity contribution in [2.24, 2.45) is 0 Å². The van der Waals surface area contributed by atoms with E-state index in [2.05, 4.69) is 10.3 Å². The quantitative estimate of drug-likeness (QED) is 0.669. The molecular weight excluding hydrogens is 371 g/mol. The highest BCUT2D eigenvalue weighted by molar-refractivity contribution is 7.17. The molecule has 4 rings (SSSR count). The van der Waals surface area contributed by atoms with Crippen LogP contribution in [-0.2, 0) is 0 Å². The van der Waals surface area contributed by atoms with E-state index in [0.717, 1.165) is 22.6 Å². The van der Waals surface area contributed by atoms with Crippen LogP contribution in [0.1, 0.15) is 33.3 Å². The van der Waals surface area contributed by atoms with E-state index in [1.165, 1.54) is 23.5 Å². The van der Waals surface area contributed by atoms with E-state index in [9.17, 15) is 9.18 Å². The molecule has 1 fully saturated rings. The first-order valence-corrected chi connectivity index (χ1v) is 9.51. The molecule has 0 unspecified atom stereocenters. The molecule has 3 nitrogen and oxygen atoms in total. The summed E-state index contributed by atoms with van der Waals surface area (Å²) in [5.74, 6) is -0.213. The van der Waals surface area contributed by atoms with Gasteiger partial charge in [-0.05, 0) is 37.1 Å². The Labute approximate surface area is 159 Å². The minimum atomic E-state index is -0.248. The Morgan fingerprint density at radius 3 is 2.85 bits per heavy atom. The first kappa shape index (κ1) is 17.2. The lowest BCUT2D eigenvalue weighted by Gasteiger charge is -2.04. The molecule has 1 N–H and O–H groups in total. The number of hydrogen-bond donors (Lipinski definition) is 1. The van der Waals surface area contributed by atoms with Gasteiger partial charge in [0.1, 0.15) is 15.7 Å². The summed E-state index contributed by atoms with van der Waals surface area (Å²) in [6.45, 7) is 1.82. The second-order valence-electron chi connectivity index (χ2n) is 6.39. The van der Waals surface area contributed by atoms with Crippen LogP contribution in [0.25, 0.3) is 10.6 Å². The van der Waals surface area contributed by atoms with Crippen molar-refractivity contribution in [3.05, 3.63) is 75.5 Å². The molecule has 1 aromatic heterocycles. The highest BCUT2D eigenvalue weighted by Crippen LogP contribution is 2.41. The van der Waals surface area contributed by atoms with Crippen molar-refractivity contribution in [1.29, 1.82) is 0 Å². The highest BCUT2D eigenvalue weighted by Gasteiger charge is 2.40. The van der Waals surface area contributed by atoms with Gasteiger partial charge in [0.2, 0.25) is 0 Å². The third-order valence-corrected chi connectivity index (χ3v) is 6.01. The van der Waals surface area contributed by atoms with E-state index in [-0.39, 0.29) is 23.7 Å². The minimum Gasteiger partial charge on any atom is -0.348 e. The van der Waals surface area contributed by atoms with Gasteiger partial charge in [-0.2, -0.15) is 0 Å². The third-order valence-electron chi connectivity index (χ3n) is 4.49. The van der Waals surface area contributed by atoms with Crippen LogP contribution in [-0.4, -0.2) is 16.9 Å². The van der Waals surface area contributed by atoms with Crippen molar-refractivity contribution >= 4 is 28.8 Å². The van der Waals surface area contributed by atoms with Crippen molar-refractivity contribution in [1.82, 2.24) is 10.3 Å². The maximum Gasteiger partial charge on any atom is 0.263 e. The number of nitrogens with zero attached hydrogens (tertiary/aromatic N) is 1. The normalized spacial score (nSPS) is 18.6. The summed E-state index contributed by atoms with van der Waals surface area (Å²) >= 11 is 7.57. The summed E-state index contributed by atoms with van der Waals surface area (Å²) < 4.78 is 13.4. The van der Waals surface area contributed by atoms with Crippen molar-refractivity contribution in [3.8, 4) is 10.6 Å². The predicted octanol–water partition coefficient (Wildman–Crippen LogP) is 5.20. The molecule has 132 valence electrons. The minimum absolute atomic E-state index is 0.0366. The van der Waals surface area contributed by atoms with E-state index < -0.39 is 0 Å². The van der Waals surface area contributed by atoms with E-state index in [1.54, 1.807) is 12.1 Å². The molecule has 1 amide bonds. The second kappa shape index (κ2) is 6.82. The first-order valence-electron chi connectivity index (χ1n) is 8.31. The summed E-state index contributed by atoms with van der Waals surface area (Å²) in [7, 11) is 0. The standard InChI is InChI=1S/C20H16ClFN2OS/c1-11-18(26-20(23-11)14-7-2-3-8-16(14)21)19(25)24-17-10-15(17)12-5-4-6-13(22)9-12/h2-9,15,17H,10H2,1H3,(H,24,25)/t15-,17-/m0/s1. The molecule has 0 aliphatic heterocycles. The number of benzene rings is 2. The molecular formula is C20H16ClFN2OS. The Balaban J connectivity index is 1.49. The van der Waals surface area contributed by atoms with E-state index in [4.69, 9.17) is 11.6 Å². The highest BCUT2D eigenvalue weighted by atomic mass is 35.5. The van der Waals surface area contributed by atoms with Gasteiger partial charge >= 0.3 is 0 Å². The maximum absolute atomic E-state index is 13.4. The van der Waals surface area contributed by atoms with Gasteiger partial charge in [-0.3, -0.25) is 4.79 Å². The molecule has 1 heterocycles. The Morgan fingerprint density at radius 1 is 1.27 bits per heavy atom. The zero-order valence-electron chi connectivity index (χ0n) is 14.0. The molecule has 26 heavy (non-hydrogen) atoms. The zero-order valence-corrected chi connectivity index (χ0v) is 15.6. The molecule has 0 spiro atoms. The predicted molar refractivity (Wildman–Crippen MR) is 102 cm³/mol. The van der Waals surface area contributed by atoms with Crippen LogP contribution >= 0.6 is 22.9 Å². The lowest BCUT2D eigenvalue weighted by molar-refractivity contribution is 0.0953. The average molecular weight is 387 g/mol. The molecule has 6 heteroatoms. The molecule has 0 bridgehead atoms. The Morgan fingerprint density at radius 2 is 2.08 bits per heavy atom. The summed E-state index contributed by atoms with van der Waals surface area (Å²) in [4.78, 5) is 17.7. The second-order valence-corrected chi connectivity index (χ2v) is 7.80. The van der Waals surface area contributed by atoms with Crippen LogP contribution in [0.5, 0.6) is 0 Å².